The third kappa shape index (κ3) is 4.13. The Bertz CT molecular complexity index is 586. The van der Waals surface area contributed by atoms with Crippen molar-refractivity contribution in [2.75, 3.05) is 13.1 Å². The number of carboxylic acids is 1. The van der Waals surface area contributed by atoms with E-state index >= 15 is 0 Å². The molecule has 1 saturated heterocycles. The molecule has 1 atom stereocenters. The highest BCUT2D eigenvalue weighted by Gasteiger charge is 2.26. The summed E-state index contributed by atoms with van der Waals surface area (Å²) in [5.74, 6) is -1.95. The monoisotopic (exact) mass is 292 g/mol. The van der Waals surface area contributed by atoms with Gasteiger partial charge in [0.05, 0.1) is 5.92 Å². The van der Waals surface area contributed by atoms with Gasteiger partial charge in [-0.25, -0.2) is 9.18 Å². The zero-order chi connectivity index (χ0) is 15.4. The van der Waals surface area contributed by atoms with Crippen LogP contribution in [0.1, 0.15) is 17.5 Å². The van der Waals surface area contributed by atoms with E-state index < -0.39 is 11.8 Å². The summed E-state index contributed by atoms with van der Waals surface area (Å²) >= 11 is 0. The van der Waals surface area contributed by atoms with Crippen molar-refractivity contribution in [3.8, 4) is 0 Å². The molecule has 21 heavy (non-hydrogen) atoms. The van der Waals surface area contributed by atoms with Crippen molar-refractivity contribution in [1.29, 1.82) is 0 Å². The van der Waals surface area contributed by atoms with E-state index in [4.69, 9.17) is 10.8 Å². The molecule has 0 spiro atoms. The SMILES string of the molecule is NC(=O)C1CCN(Cc2ccc(F)cc2/C=C/C(=O)O)C1. The Labute approximate surface area is 121 Å². The summed E-state index contributed by atoms with van der Waals surface area (Å²) in [5, 5.41) is 8.67. The maximum atomic E-state index is 13.3. The van der Waals surface area contributed by atoms with Gasteiger partial charge in [-0.3, -0.25) is 9.69 Å². The number of primary amides is 1. The van der Waals surface area contributed by atoms with Gasteiger partial charge < -0.3 is 10.8 Å². The number of benzene rings is 1. The molecule has 1 aromatic rings. The fourth-order valence-corrected chi connectivity index (χ4v) is 2.48. The van der Waals surface area contributed by atoms with Crippen molar-refractivity contribution in [3.63, 3.8) is 0 Å². The lowest BCUT2D eigenvalue weighted by atomic mass is 10.1. The van der Waals surface area contributed by atoms with E-state index in [2.05, 4.69) is 4.90 Å². The number of aliphatic carboxylic acids is 1. The van der Waals surface area contributed by atoms with Crippen molar-refractivity contribution in [1.82, 2.24) is 4.90 Å². The molecule has 1 heterocycles. The highest BCUT2D eigenvalue weighted by Crippen LogP contribution is 2.21. The molecule has 0 aromatic heterocycles. The number of rotatable bonds is 5. The number of amides is 1. The van der Waals surface area contributed by atoms with Crippen molar-refractivity contribution in [3.05, 3.63) is 41.2 Å². The molecule has 0 bridgehead atoms. The lowest BCUT2D eigenvalue weighted by Gasteiger charge is -2.17. The molecule has 1 aliphatic heterocycles. The Morgan fingerprint density at radius 1 is 1.48 bits per heavy atom. The molecule has 0 aliphatic carbocycles. The third-order valence-corrected chi connectivity index (χ3v) is 3.58. The summed E-state index contributed by atoms with van der Waals surface area (Å²) in [6.07, 6.45) is 3.08. The predicted octanol–water partition coefficient (Wildman–Crippen LogP) is 1.23. The van der Waals surface area contributed by atoms with Crippen molar-refractivity contribution in [2.24, 2.45) is 11.7 Å². The molecule has 1 aliphatic rings. The molecule has 6 heteroatoms. The zero-order valence-corrected chi connectivity index (χ0v) is 11.5. The average molecular weight is 292 g/mol. The van der Waals surface area contributed by atoms with Crippen LogP contribution in [0.3, 0.4) is 0 Å². The molecule has 112 valence electrons. The first kappa shape index (κ1) is 15.2. The molecule has 1 aromatic carbocycles. The maximum absolute atomic E-state index is 13.3. The second-order valence-corrected chi connectivity index (χ2v) is 5.14. The fraction of sp³-hybridized carbons (Fsp3) is 0.333. The van der Waals surface area contributed by atoms with Gasteiger partial charge in [0.1, 0.15) is 5.82 Å². The van der Waals surface area contributed by atoms with Crippen LogP contribution >= 0.6 is 0 Å². The Balaban J connectivity index is 2.13. The highest BCUT2D eigenvalue weighted by molar-refractivity contribution is 5.85. The summed E-state index contributed by atoms with van der Waals surface area (Å²) in [6.45, 7) is 1.85. The quantitative estimate of drug-likeness (QED) is 0.800. The topological polar surface area (TPSA) is 83.6 Å². The summed E-state index contributed by atoms with van der Waals surface area (Å²) in [7, 11) is 0. The molecular formula is C15H17FN2O3. The van der Waals surface area contributed by atoms with Crippen LogP contribution in [-0.2, 0) is 16.1 Å². The maximum Gasteiger partial charge on any atom is 0.328 e. The van der Waals surface area contributed by atoms with Crippen LogP contribution in [0.2, 0.25) is 0 Å². The number of carbonyl (C=O) groups is 2. The van der Waals surface area contributed by atoms with Gasteiger partial charge in [0, 0.05) is 19.2 Å². The number of nitrogens with two attached hydrogens (primary N) is 1. The summed E-state index contributed by atoms with van der Waals surface area (Å²) in [5.41, 5.74) is 6.64. The van der Waals surface area contributed by atoms with Crippen molar-refractivity contribution in [2.45, 2.75) is 13.0 Å². The Hall–Kier alpha value is -2.21. The molecule has 1 fully saturated rings. The smallest absolute Gasteiger partial charge is 0.328 e. The first-order chi connectivity index (χ1) is 9.95. The van der Waals surface area contributed by atoms with Gasteiger partial charge in [-0.05, 0) is 42.3 Å². The second kappa shape index (κ2) is 6.49. The molecule has 1 amide bonds. The van der Waals surface area contributed by atoms with Gasteiger partial charge in [0.2, 0.25) is 5.91 Å². The van der Waals surface area contributed by atoms with Crippen LogP contribution in [0, 0.1) is 11.7 Å². The lowest BCUT2D eigenvalue weighted by Crippen LogP contribution is -2.27. The Morgan fingerprint density at radius 2 is 2.24 bits per heavy atom. The largest absolute Gasteiger partial charge is 0.478 e. The number of hydrogen-bond acceptors (Lipinski definition) is 3. The standard InChI is InChI=1S/C15H17FN2O3/c16-13-3-1-11(10(7-13)2-4-14(19)20)8-18-6-5-12(9-18)15(17)21/h1-4,7,12H,5-6,8-9H2,(H2,17,21)(H,19,20)/b4-2+. The van der Waals surface area contributed by atoms with Crippen LogP contribution in [0.15, 0.2) is 24.3 Å². The first-order valence-corrected chi connectivity index (χ1v) is 6.67. The summed E-state index contributed by atoms with van der Waals surface area (Å²) in [6, 6.07) is 4.28. The van der Waals surface area contributed by atoms with Gasteiger partial charge in [-0.1, -0.05) is 6.07 Å². The van der Waals surface area contributed by atoms with Gasteiger partial charge in [-0.15, -0.1) is 0 Å². The lowest BCUT2D eigenvalue weighted by molar-refractivity contribution is -0.131. The molecule has 0 radical (unpaired) electrons. The van der Waals surface area contributed by atoms with Crippen LogP contribution < -0.4 is 5.73 Å². The Kier molecular flexibility index (Phi) is 4.70. The molecular weight excluding hydrogens is 275 g/mol. The van der Waals surface area contributed by atoms with Crippen molar-refractivity contribution < 1.29 is 19.1 Å². The van der Waals surface area contributed by atoms with E-state index in [9.17, 15) is 14.0 Å². The van der Waals surface area contributed by atoms with E-state index in [0.717, 1.165) is 24.6 Å². The minimum absolute atomic E-state index is 0.150. The number of nitrogens with zero attached hydrogens (tertiary/aromatic N) is 1. The van der Waals surface area contributed by atoms with Gasteiger partial charge in [0.15, 0.2) is 0 Å². The zero-order valence-electron chi connectivity index (χ0n) is 11.5. The number of hydrogen-bond donors (Lipinski definition) is 2. The molecule has 5 nitrogen and oxygen atoms in total. The minimum Gasteiger partial charge on any atom is -0.478 e. The predicted molar refractivity (Wildman–Crippen MR) is 75.6 cm³/mol. The minimum atomic E-state index is -1.08. The van der Waals surface area contributed by atoms with E-state index in [1.807, 2.05) is 0 Å². The number of likely N-dealkylation sites (tertiary alicyclic amines) is 1. The highest BCUT2D eigenvalue weighted by atomic mass is 19.1. The van der Waals surface area contributed by atoms with E-state index in [-0.39, 0.29) is 11.8 Å². The second-order valence-electron chi connectivity index (χ2n) is 5.14. The van der Waals surface area contributed by atoms with Crippen LogP contribution in [-0.4, -0.2) is 35.0 Å². The Morgan fingerprint density at radius 3 is 2.86 bits per heavy atom. The molecule has 0 saturated carbocycles. The van der Waals surface area contributed by atoms with Crippen LogP contribution in [0.25, 0.3) is 6.08 Å². The van der Waals surface area contributed by atoms with Gasteiger partial charge in [0.25, 0.3) is 0 Å². The van der Waals surface area contributed by atoms with Gasteiger partial charge in [-0.2, -0.15) is 0 Å². The van der Waals surface area contributed by atoms with Crippen LogP contribution in [0.5, 0.6) is 0 Å². The third-order valence-electron chi connectivity index (χ3n) is 3.58. The average Bonchev–Trinajstić information content (AvgIpc) is 2.87. The normalized spacial score (nSPS) is 19.2. The molecule has 1 unspecified atom stereocenters. The van der Waals surface area contributed by atoms with E-state index in [1.54, 1.807) is 6.07 Å². The fourth-order valence-electron chi connectivity index (χ4n) is 2.48. The van der Waals surface area contributed by atoms with Crippen LogP contribution in [0.4, 0.5) is 4.39 Å². The number of carboxylic acid groups (broad SMARTS) is 1. The summed E-state index contributed by atoms with van der Waals surface area (Å²) in [4.78, 5) is 23.8. The summed E-state index contributed by atoms with van der Waals surface area (Å²) < 4.78 is 13.3. The van der Waals surface area contributed by atoms with Crippen molar-refractivity contribution >= 4 is 18.0 Å². The first-order valence-electron chi connectivity index (χ1n) is 6.67. The number of halogens is 1. The van der Waals surface area contributed by atoms with Gasteiger partial charge >= 0.3 is 5.97 Å². The number of carbonyl (C=O) groups excluding carboxylic acids is 1. The van der Waals surface area contributed by atoms with E-state index in [1.165, 1.54) is 18.2 Å². The molecule has 3 N–H and O–H groups in total. The van der Waals surface area contributed by atoms with E-state index in [0.29, 0.717) is 18.7 Å². The molecule has 2 rings (SSSR count).